The SMILES string of the molecule is O=C(Cc1ccc2cc(Oc3ccc(C(F)(F)F)cn3)ccc2n1)NC1CCS(=O)(=O)CC1. The van der Waals surface area contributed by atoms with Gasteiger partial charge in [-0.1, -0.05) is 6.07 Å². The number of nitrogens with zero attached hydrogens (tertiary/aromatic N) is 2. The fourth-order valence-corrected chi connectivity index (χ4v) is 5.01. The number of pyridine rings is 2. The second-order valence-corrected chi connectivity index (χ2v) is 10.1. The molecule has 1 aliphatic heterocycles. The van der Waals surface area contributed by atoms with E-state index in [0.29, 0.717) is 36.0 Å². The van der Waals surface area contributed by atoms with Crippen molar-refractivity contribution in [3.63, 3.8) is 0 Å². The maximum Gasteiger partial charge on any atom is 0.417 e. The Hall–Kier alpha value is -3.21. The van der Waals surface area contributed by atoms with Crippen molar-refractivity contribution in [3.8, 4) is 11.6 Å². The van der Waals surface area contributed by atoms with Crippen molar-refractivity contribution in [2.75, 3.05) is 11.5 Å². The average molecular weight is 479 g/mol. The number of carbonyl (C=O) groups is 1. The number of sulfone groups is 1. The molecule has 0 spiro atoms. The zero-order chi connectivity index (χ0) is 23.6. The highest BCUT2D eigenvalue weighted by molar-refractivity contribution is 7.91. The molecule has 1 amide bonds. The summed E-state index contributed by atoms with van der Waals surface area (Å²) in [6.45, 7) is 0. The van der Waals surface area contributed by atoms with Crippen LogP contribution in [0.4, 0.5) is 13.2 Å². The number of halogens is 3. The van der Waals surface area contributed by atoms with Gasteiger partial charge in [0.1, 0.15) is 15.6 Å². The number of fused-ring (bicyclic) bond motifs is 1. The lowest BCUT2D eigenvalue weighted by molar-refractivity contribution is -0.137. The van der Waals surface area contributed by atoms with E-state index in [2.05, 4.69) is 15.3 Å². The normalized spacial score (nSPS) is 16.5. The Morgan fingerprint density at radius 3 is 2.52 bits per heavy atom. The number of amides is 1. The minimum atomic E-state index is -4.47. The summed E-state index contributed by atoms with van der Waals surface area (Å²) >= 11 is 0. The lowest BCUT2D eigenvalue weighted by atomic mass is 10.1. The molecule has 0 radical (unpaired) electrons. The third-order valence-corrected chi connectivity index (χ3v) is 6.98. The number of hydrogen-bond acceptors (Lipinski definition) is 6. The Balaban J connectivity index is 1.39. The smallest absolute Gasteiger partial charge is 0.417 e. The summed E-state index contributed by atoms with van der Waals surface area (Å²) in [6, 6.07) is 10.3. The van der Waals surface area contributed by atoms with Crippen LogP contribution in [0.2, 0.25) is 0 Å². The quantitative estimate of drug-likeness (QED) is 0.600. The van der Waals surface area contributed by atoms with Gasteiger partial charge in [-0.3, -0.25) is 9.78 Å². The summed E-state index contributed by atoms with van der Waals surface area (Å²) in [4.78, 5) is 20.5. The molecule has 2 aromatic heterocycles. The predicted molar refractivity (Wildman–Crippen MR) is 115 cm³/mol. The molecule has 0 bridgehead atoms. The molecule has 0 saturated carbocycles. The van der Waals surface area contributed by atoms with E-state index in [1.807, 2.05) is 0 Å². The minimum Gasteiger partial charge on any atom is -0.439 e. The van der Waals surface area contributed by atoms with Crippen molar-refractivity contribution in [1.29, 1.82) is 0 Å². The number of carbonyl (C=O) groups excluding carboxylic acids is 1. The van der Waals surface area contributed by atoms with Crippen molar-refractivity contribution < 1.29 is 31.1 Å². The number of rotatable bonds is 5. The van der Waals surface area contributed by atoms with Gasteiger partial charge in [0.25, 0.3) is 0 Å². The van der Waals surface area contributed by atoms with Crippen LogP contribution in [0.1, 0.15) is 24.1 Å². The second kappa shape index (κ2) is 8.97. The Bertz CT molecular complexity index is 1260. The molecular formula is C22H20F3N3O4S. The number of benzene rings is 1. The molecule has 0 atom stereocenters. The van der Waals surface area contributed by atoms with Gasteiger partial charge in [0, 0.05) is 23.7 Å². The largest absolute Gasteiger partial charge is 0.439 e. The van der Waals surface area contributed by atoms with Gasteiger partial charge < -0.3 is 10.1 Å². The molecule has 1 fully saturated rings. The van der Waals surface area contributed by atoms with Gasteiger partial charge in [0.05, 0.1) is 34.7 Å². The van der Waals surface area contributed by atoms with Crippen LogP contribution in [-0.4, -0.2) is 41.8 Å². The lowest BCUT2D eigenvalue weighted by Gasteiger charge is -2.22. The Labute approximate surface area is 187 Å². The molecular weight excluding hydrogens is 459 g/mol. The summed E-state index contributed by atoms with van der Waals surface area (Å²) in [7, 11) is -2.99. The van der Waals surface area contributed by atoms with Gasteiger partial charge in [-0.15, -0.1) is 0 Å². The fourth-order valence-electron chi connectivity index (χ4n) is 3.51. The summed E-state index contributed by atoms with van der Waals surface area (Å²) < 4.78 is 66.5. The van der Waals surface area contributed by atoms with Crippen molar-refractivity contribution in [2.24, 2.45) is 0 Å². The lowest BCUT2D eigenvalue weighted by Crippen LogP contribution is -2.41. The summed E-state index contributed by atoms with van der Waals surface area (Å²) in [5.74, 6) is 0.352. The van der Waals surface area contributed by atoms with Gasteiger partial charge in [-0.2, -0.15) is 13.2 Å². The molecule has 11 heteroatoms. The monoisotopic (exact) mass is 479 g/mol. The third-order valence-electron chi connectivity index (χ3n) is 5.27. The highest BCUT2D eigenvalue weighted by atomic mass is 32.2. The molecule has 4 rings (SSSR count). The molecule has 1 N–H and O–H groups in total. The molecule has 1 aliphatic rings. The van der Waals surface area contributed by atoms with Gasteiger partial charge >= 0.3 is 6.18 Å². The summed E-state index contributed by atoms with van der Waals surface area (Å²) in [5.41, 5.74) is 0.320. The van der Waals surface area contributed by atoms with Gasteiger partial charge in [-0.25, -0.2) is 13.4 Å². The van der Waals surface area contributed by atoms with E-state index in [1.54, 1.807) is 30.3 Å². The maximum absolute atomic E-state index is 12.6. The highest BCUT2D eigenvalue weighted by Gasteiger charge is 2.30. The average Bonchev–Trinajstić information content (AvgIpc) is 2.75. The molecule has 7 nitrogen and oxygen atoms in total. The molecule has 3 heterocycles. The predicted octanol–water partition coefficient (Wildman–Crippen LogP) is 3.68. The van der Waals surface area contributed by atoms with Crippen molar-refractivity contribution in [3.05, 3.63) is 59.9 Å². The van der Waals surface area contributed by atoms with Crippen LogP contribution >= 0.6 is 0 Å². The van der Waals surface area contributed by atoms with E-state index in [9.17, 15) is 26.4 Å². The Morgan fingerprint density at radius 1 is 1.09 bits per heavy atom. The zero-order valence-corrected chi connectivity index (χ0v) is 18.1. The van der Waals surface area contributed by atoms with E-state index >= 15 is 0 Å². The number of alkyl halides is 3. The van der Waals surface area contributed by atoms with Gasteiger partial charge in [-0.05, 0) is 43.2 Å². The molecule has 1 saturated heterocycles. The first kappa shape index (κ1) is 23.0. The molecule has 1 aromatic carbocycles. The van der Waals surface area contributed by atoms with E-state index in [-0.39, 0.29) is 35.8 Å². The molecule has 174 valence electrons. The van der Waals surface area contributed by atoms with Gasteiger partial charge in [0.2, 0.25) is 11.8 Å². The summed E-state index contributed by atoms with van der Waals surface area (Å²) in [5, 5.41) is 3.59. The summed E-state index contributed by atoms with van der Waals surface area (Å²) in [6.07, 6.45) is -2.87. The van der Waals surface area contributed by atoms with Crippen LogP contribution in [0.5, 0.6) is 11.6 Å². The van der Waals surface area contributed by atoms with Gasteiger partial charge in [0.15, 0.2) is 0 Å². The third kappa shape index (κ3) is 5.98. The molecule has 0 aliphatic carbocycles. The first-order chi connectivity index (χ1) is 15.6. The molecule has 0 unspecified atom stereocenters. The first-order valence-corrected chi connectivity index (χ1v) is 12.0. The van der Waals surface area contributed by atoms with Crippen LogP contribution < -0.4 is 10.1 Å². The molecule has 33 heavy (non-hydrogen) atoms. The number of hydrogen-bond donors (Lipinski definition) is 1. The topological polar surface area (TPSA) is 98.2 Å². The number of nitrogens with one attached hydrogen (secondary N) is 1. The fraction of sp³-hybridized carbons (Fsp3) is 0.318. The van der Waals surface area contributed by atoms with Crippen LogP contribution in [0.3, 0.4) is 0 Å². The Morgan fingerprint density at radius 2 is 1.85 bits per heavy atom. The molecule has 3 aromatic rings. The van der Waals surface area contributed by atoms with E-state index in [4.69, 9.17) is 4.74 Å². The van der Waals surface area contributed by atoms with E-state index in [1.165, 1.54) is 0 Å². The number of ether oxygens (including phenoxy) is 1. The first-order valence-electron chi connectivity index (χ1n) is 10.2. The van der Waals surface area contributed by atoms with Crippen molar-refractivity contribution in [2.45, 2.75) is 31.5 Å². The minimum absolute atomic E-state index is 0.0270. The van der Waals surface area contributed by atoms with Crippen molar-refractivity contribution >= 4 is 26.6 Å². The van der Waals surface area contributed by atoms with Crippen molar-refractivity contribution in [1.82, 2.24) is 15.3 Å². The highest BCUT2D eigenvalue weighted by Crippen LogP contribution is 2.30. The van der Waals surface area contributed by atoms with Crippen LogP contribution in [0.15, 0.2) is 48.7 Å². The van der Waals surface area contributed by atoms with E-state index < -0.39 is 21.6 Å². The standard InChI is InChI=1S/C22H20F3N3O4S/c23-22(24,25)15-2-6-21(26-13-15)32-18-4-5-19-14(11-18)1-3-17(27-19)12-20(29)28-16-7-9-33(30,31)10-8-16/h1-6,11,13,16H,7-10,12H2,(H,28,29). The Kier molecular flexibility index (Phi) is 6.24. The van der Waals surface area contributed by atoms with E-state index in [0.717, 1.165) is 17.5 Å². The second-order valence-electron chi connectivity index (χ2n) is 7.81. The van der Waals surface area contributed by atoms with Crippen LogP contribution in [0.25, 0.3) is 10.9 Å². The maximum atomic E-state index is 12.6. The zero-order valence-electron chi connectivity index (χ0n) is 17.3. The number of aromatic nitrogens is 2. The van der Waals surface area contributed by atoms with Crippen LogP contribution in [0, 0.1) is 0 Å². The van der Waals surface area contributed by atoms with Crippen LogP contribution in [-0.2, 0) is 27.2 Å².